The van der Waals surface area contributed by atoms with Gasteiger partial charge in [0.25, 0.3) is 0 Å². The van der Waals surface area contributed by atoms with Gasteiger partial charge >= 0.3 is 6.09 Å². The topological polar surface area (TPSA) is 38.3 Å². The summed E-state index contributed by atoms with van der Waals surface area (Å²) in [4.78, 5) is 11.1. The number of hydrogen-bond acceptors (Lipinski definition) is 2. The first-order valence-electron chi connectivity index (χ1n) is 5.17. The average molecular weight is 183 g/mol. The SMILES string of the molecule is CC1CCCC2(CCNC(=O)O2)C1. The van der Waals surface area contributed by atoms with Crippen molar-refractivity contribution in [3.8, 4) is 0 Å². The molecule has 0 bridgehead atoms. The molecule has 2 fully saturated rings. The maximum atomic E-state index is 11.1. The largest absolute Gasteiger partial charge is 0.443 e. The fourth-order valence-corrected chi connectivity index (χ4v) is 2.61. The van der Waals surface area contributed by atoms with E-state index in [-0.39, 0.29) is 11.7 Å². The Kier molecular flexibility index (Phi) is 2.18. The summed E-state index contributed by atoms with van der Waals surface area (Å²) in [5.74, 6) is 0.708. The first kappa shape index (κ1) is 8.85. The third-order valence-corrected chi connectivity index (χ3v) is 3.21. The lowest BCUT2D eigenvalue weighted by molar-refractivity contribution is -0.0498. The standard InChI is InChI=1S/C10H17NO2/c1-8-3-2-4-10(7-8)5-6-11-9(12)13-10/h8H,2-7H2,1H3,(H,11,12). The molecule has 2 aliphatic rings. The van der Waals surface area contributed by atoms with E-state index in [1.54, 1.807) is 0 Å². The highest BCUT2D eigenvalue weighted by Gasteiger charge is 2.40. The van der Waals surface area contributed by atoms with Crippen LogP contribution in [0.15, 0.2) is 0 Å². The van der Waals surface area contributed by atoms with Crippen LogP contribution >= 0.6 is 0 Å². The van der Waals surface area contributed by atoms with Gasteiger partial charge in [-0.2, -0.15) is 0 Å². The van der Waals surface area contributed by atoms with E-state index >= 15 is 0 Å². The lowest BCUT2D eigenvalue weighted by Crippen LogP contribution is -2.49. The number of rotatable bonds is 0. The zero-order chi connectivity index (χ0) is 9.31. The van der Waals surface area contributed by atoms with Crippen molar-refractivity contribution in [1.29, 1.82) is 0 Å². The van der Waals surface area contributed by atoms with Gasteiger partial charge in [0.2, 0.25) is 0 Å². The Morgan fingerprint density at radius 2 is 2.38 bits per heavy atom. The van der Waals surface area contributed by atoms with Crippen LogP contribution in [0, 0.1) is 5.92 Å². The molecule has 2 unspecified atom stereocenters. The molecule has 1 aliphatic carbocycles. The first-order valence-corrected chi connectivity index (χ1v) is 5.17. The summed E-state index contributed by atoms with van der Waals surface area (Å²) in [5, 5.41) is 2.71. The van der Waals surface area contributed by atoms with E-state index in [1.807, 2.05) is 0 Å². The van der Waals surface area contributed by atoms with Crippen molar-refractivity contribution in [1.82, 2.24) is 5.32 Å². The van der Waals surface area contributed by atoms with E-state index in [2.05, 4.69) is 12.2 Å². The molecule has 1 spiro atoms. The van der Waals surface area contributed by atoms with E-state index in [0.29, 0.717) is 5.92 Å². The molecule has 74 valence electrons. The second-order valence-corrected chi connectivity index (χ2v) is 4.45. The van der Waals surface area contributed by atoms with Crippen LogP contribution in [0.5, 0.6) is 0 Å². The minimum atomic E-state index is -0.222. The van der Waals surface area contributed by atoms with Crippen molar-refractivity contribution < 1.29 is 9.53 Å². The molecule has 3 nitrogen and oxygen atoms in total. The lowest BCUT2D eigenvalue weighted by Gasteiger charge is -2.41. The molecule has 1 aliphatic heterocycles. The summed E-state index contributed by atoms with van der Waals surface area (Å²) in [7, 11) is 0. The minimum absolute atomic E-state index is 0.111. The number of alkyl carbamates (subject to hydrolysis) is 1. The Balaban J connectivity index is 2.04. The van der Waals surface area contributed by atoms with Crippen LogP contribution in [0.4, 0.5) is 4.79 Å². The molecular weight excluding hydrogens is 166 g/mol. The second-order valence-electron chi connectivity index (χ2n) is 4.45. The molecule has 13 heavy (non-hydrogen) atoms. The molecule has 1 saturated heterocycles. The minimum Gasteiger partial charge on any atom is -0.443 e. The molecule has 0 aromatic rings. The summed E-state index contributed by atoms with van der Waals surface area (Å²) in [6, 6.07) is 0. The summed E-state index contributed by atoms with van der Waals surface area (Å²) in [5.41, 5.74) is -0.111. The number of amides is 1. The average Bonchev–Trinajstić information content (AvgIpc) is 2.02. The molecule has 1 N–H and O–H groups in total. The zero-order valence-electron chi connectivity index (χ0n) is 8.14. The fourth-order valence-electron chi connectivity index (χ4n) is 2.61. The smallest absolute Gasteiger partial charge is 0.407 e. The molecule has 0 aromatic carbocycles. The maximum Gasteiger partial charge on any atom is 0.407 e. The van der Waals surface area contributed by atoms with E-state index in [0.717, 1.165) is 25.8 Å². The van der Waals surface area contributed by atoms with Gasteiger partial charge in [-0.25, -0.2) is 4.79 Å². The van der Waals surface area contributed by atoms with Crippen molar-refractivity contribution in [2.24, 2.45) is 5.92 Å². The molecule has 2 rings (SSSR count). The highest BCUT2D eigenvalue weighted by molar-refractivity contribution is 5.68. The van der Waals surface area contributed by atoms with Gasteiger partial charge in [0, 0.05) is 13.0 Å². The van der Waals surface area contributed by atoms with Gasteiger partial charge in [0.05, 0.1) is 0 Å². The van der Waals surface area contributed by atoms with Gasteiger partial charge in [-0.15, -0.1) is 0 Å². The Morgan fingerprint density at radius 1 is 1.54 bits per heavy atom. The van der Waals surface area contributed by atoms with Crippen LogP contribution in [-0.4, -0.2) is 18.2 Å². The summed E-state index contributed by atoms with van der Waals surface area (Å²) >= 11 is 0. The van der Waals surface area contributed by atoms with Crippen LogP contribution in [0.2, 0.25) is 0 Å². The van der Waals surface area contributed by atoms with E-state index < -0.39 is 0 Å². The van der Waals surface area contributed by atoms with Gasteiger partial charge in [0.15, 0.2) is 0 Å². The lowest BCUT2D eigenvalue weighted by atomic mass is 9.76. The number of nitrogens with one attached hydrogen (secondary N) is 1. The first-order chi connectivity index (χ1) is 6.20. The summed E-state index contributed by atoms with van der Waals surface area (Å²) in [6.45, 7) is 3.03. The predicted molar refractivity (Wildman–Crippen MR) is 49.5 cm³/mol. The van der Waals surface area contributed by atoms with Crippen LogP contribution in [0.25, 0.3) is 0 Å². The van der Waals surface area contributed by atoms with Crippen LogP contribution in [0.3, 0.4) is 0 Å². The van der Waals surface area contributed by atoms with Crippen molar-refractivity contribution in [3.05, 3.63) is 0 Å². The van der Waals surface area contributed by atoms with Gasteiger partial charge in [-0.05, 0) is 25.2 Å². The van der Waals surface area contributed by atoms with Crippen molar-refractivity contribution in [2.45, 2.75) is 44.6 Å². The third-order valence-electron chi connectivity index (χ3n) is 3.21. The number of hydrogen-bond donors (Lipinski definition) is 1. The second kappa shape index (κ2) is 3.20. The molecule has 1 heterocycles. The van der Waals surface area contributed by atoms with Crippen molar-refractivity contribution >= 4 is 6.09 Å². The molecule has 1 amide bonds. The summed E-state index contributed by atoms with van der Waals surface area (Å²) < 4.78 is 5.44. The quantitative estimate of drug-likeness (QED) is 0.624. The zero-order valence-corrected chi connectivity index (χ0v) is 8.14. The summed E-state index contributed by atoms with van der Waals surface area (Å²) in [6.07, 6.45) is 5.37. The molecule has 0 aromatic heterocycles. The Labute approximate surface area is 78.8 Å². The van der Waals surface area contributed by atoms with Crippen molar-refractivity contribution in [2.75, 3.05) is 6.54 Å². The normalized spacial score (nSPS) is 39.8. The van der Waals surface area contributed by atoms with Crippen molar-refractivity contribution in [3.63, 3.8) is 0 Å². The fraction of sp³-hybridized carbons (Fsp3) is 0.900. The highest BCUT2D eigenvalue weighted by atomic mass is 16.6. The van der Waals surface area contributed by atoms with Gasteiger partial charge in [-0.1, -0.05) is 13.3 Å². The number of carbonyl (C=O) groups excluding carboxylic acids is 1. The number of ether oxygens (including phenoxy) is 1. The molecule has 2 atom stereocenters. The van der Waals surface area contributed by atoms with Crippen LogP contribution in [0.1, 0.15) is 39.0 Å². The van der Waals surface area contributed by atoms with Gasteiger partial charge in [-0.3, -0.25) is 0 Å². The van der Waals surface area contributed by atoms with Crippen LogP contribution in [-0.2, 0) is 4.74 Å². The molecule has 1 saturated carbocycles. The van der Waals surface area contributed by atoms with E-state index in [1.165, 1.54) is 12.8 Å². The Bertz CT molecular complexity index is 213. The molecular formula is C10H17NO2. The van der Waals surface area contributed by atoms with Crippen LogP contribution < -0.4 is 5.32 Å². The monoisotopic (exact) mass is 183 g/mol. The van der Waals surface area contributed by atoms with E-state index in [4.69, 9.17) is 4.74 Å². The van der Waals surface area contributed by atoms with Gasteiger partial charge < -0.3 is 10.1 Å². The molecule has 0 radical (unpaired) electrons. The predicted octanol–water partition coefficient (Wildman–Crippen LogP) is 2.07. The van der Waals surface area contributed by atoms with E-state index in [9.17, 15) is 4.79 Å². The number of carbonyl (C=O) groups is 1. The Morgan fingerprint density at radius 3 is 3.08 bits per heavy atom. The molecule has 3 heteroatoms. The van der Waals surface area contributed by atoms with Gasteiger partial charge in [0.1, 0.15) is 5.60 Å². The highest BCUT2D eigenvalue weighted by Crippen LogP contribution is 2.38. The Hall–Kier alpha value is -0.730. The maximum absolute atomic E-state index is 11.1. The third kappa shape index (κ3) is 1.79.